The predicted octanol–water partition coefficient (Wildman–Crippen LogP) is 1.87. The first-order chi connectivity index (χ1) is 13.6. The van der Waals surface area contributed by atoms with Crippen molar-refractivity contribution >= 4 is 11.8 Å². The summed E-state index contributed by atoms with van der Waals surface area (Å²) in [5.41, 5.74) is 3.09. The molecule has 7 nitrogen and oxygen atoms in total. The highest BCUT2D eigenvalue weighted by atomic mass is 16.5. The predicted molar refractivity (Wildman–Crippen MR) is 103 cm³/mol. The van der Waals surface area contributed by atoms with Gasteiger partial charge in [-0.2, -0.15) is 0 Å². The number of piperazine rings is 1. The molecule has 1 aliphatic heterocycles. The Bertz CT molecular complexity index is 859. The van der Waals surface area contributed by atoms with Crippen LogP contribution in [0.3, 0.4) is 0 Å². The summed E-state index contributed by atoms with van der Waals surface area (Å²) in [6, 6.07) is 9.59. The first-order valence-corrected chi connectivity index (χ1v) is 9.88. The van der Waals surface area contributed by atoms with Gasteiger partial charge in [-0.15, -0.1) is 0 Å². The molecule has 1 aromatic heterocycles. The van der Waals surface area contributed by atoms with Crippen molar-refractivity contribution in [2.45, 2.75) is 51.2 Å². The summed E-state index contributed by atoms with van der Waals surface area (Å²) < 4.78 is 5.31. The van der Waals surface area contributed by atoms with Crippen LogP contribution in [0.4, 0.5) is 0 Å². The number of hydrogen-bond acceptors (Lipinski definition) is 5. The second-order valence-corrected chi connectivity index (χ2v) is 7.68. The zero-order chi connectivity index (χ0) is 19.5. The molecule has 2 N–H and O–H groups in total. The van der Waals surface area contributed by atoms with Gasteiger partial charge >= 0.3 is 0 Å². The number of rotatable bonds is 7. The van der Waals surface area contributed by atoms with Crippen molar-refractivity contribution in [1.82, 2.24) is 20.7 Å². The maximum absolute atomic E-state index is 12.5. The van der Waals surface area contributed by atoms with E-state index in [1.54, 1.807) is 0 Å². The highest BCUT2D eigenvalue weighted by molar-refractivity contribution is 5.88. The summed E-state index contributed by atoms with van der Waals surface area (Å²) in [5.74, 6) is 1.15. The molecular weight excluding hydrogens is 356 g/mol. The van der Waals surface area contributed by atoms with Crippen LogP contribution in [-0.2, 0) is 22.7 Å². The normalized spacial score (nSPS) is 20.0. The van der Waals surface area contributed by atoms with Gasteiger partial charge in [-0.25, -0.2) is 0 Å². The molecule has 1 saturated carbocycles. The molecule has 1 saturated heterocycles. The number of aromatic nitrogens is 1. The van der Waals surface area contributed by atoms with E-state index in [4.69, 9.17) is 4.52 Å². The first-order valence-electron chi connectivity index (χ1n) is 9.88. The van der Waals surface area contributed by atoms with E-state index in [1.165, 1.54) is 11.1 Å². The number of amides is 2. The Morgan fingerprint density at radius 3 is 2.96 bits per heavy atom. The summed E-state index contributed by atoms with van der Waals surface area (Å²) in [6.07, 6.45) is 2.42. The second-order valence-electron chi connectivity index (χ2n) is 7.68. The first kappa shape index (κ1) is 18.7. The largest absolute Gasteiger partial charge is 0.361 e. The molecule has 0 unspecified atom stereocenters. The fourth-order valence-electron chi connectivity index (χ4n) is 3.59. The van der Waals surface area contributed by atoms with E-state index in [0.29, 0.717) is 25.6 Å². The number of hydrogen-bond donors (Lipinski definition) is 2. The Balaban J connectivity index is 1.35. The van der Waals surface area contributed by atoms with Crippen LogP contribution in [0.1, 0.15) is 47.8 Å². The third-order valence-corrected chi connectivity index (χ3v) is 5.48. The molecule has 0 radical (unpaired) electrons. The highest BCUT2D eigenvalue weighted by Crippen LogP contribution is 2.40. The second kappa shape index (κ2) is 8.14. The number of benzene rings is 1. The molecule has 2 aromatic rings. The number of nitrogens with zero attached hydrogens (tertiary/aromatic N) is 2. The average Bonchev–Trinajstić information content (AvgIpc) is 3.43. The minimum absolute atomic E-state index is 0.0903. The van der Waals surface area contributed by atoms with Gasteiger partial charge in [-0.3, -0.25) is 14.5 Å². The third-order valence-electron chi connectivity index (χ3n) is 5.48. The summed E-state index contributed by atoms with van der Waals surface area (Å²) in [6.45, 7) is 4.37. The van der Waals surface area contributed by atoms with Gasteiger partial charge in [-0.05, 0) is 30.9 Å². The molecule has 4 rings (SSSR count). The standard InChI is InChI=1S/C21H26N4O3/c1-14-4-2-3-5-16(14)13-25-9-8-22-21(27)18(25)11-20(26)23-12-17-10-19(28-24-17)15-6-7-15/h2-5,10,15,18H,6-9,11-13H2,1H3,(H,22,27)(H,23,26)/t18-/m0/s1. The summed E-state index contributed by atoms with van der Waals surface area (Å²) >= 11 is 0. The molecule has 1 atom stereocenters. The summed E-state index contributed by atoms with van der Waals surface area (Å²) in [4.78, 5) is 27.0. The van der Waals surface area contributed by atoms with E-state index in [1.807, 2.05) is 18.2 Å². The van der Waals surface area contributed by atoms with Crippen LogP contribution in [0.15, 0.2) is 34.9 Å². The smallest absolute Gasteiger partial charge is 0.237 e. The van der Waals surface area contributed by atoms with Gasteiger partial charge in [0.1, 0.15) is 11.5 Å². The lowest BCUT2D eigenvalue weighted by Gasteiger charge is -2.35. The SMILES string of the molecule is Cc1ccccc1CN1CCNC(=O)[C@@H]1CC(=O)NCc1cc(C2CC2)on1. The van der Waals surface area contributed by atoms with Gasteiger partial charge in [0.25, 0.3) is 0 Å². The highest BCUT2D eigenvalue weighted by Gasteiger charge is 2.32. The quantitative estimate of drug-likeness (QED) is 0.763. The number of carbonyl (C=O) groups excluding carboxylic acids is 2. The van der Waals surface area contributed by atoms with E-state index in [-0.39, 0.29) is 18.2 Å². The zero-order valence-corrected chi connectivity index (χ0v) is 16.1. The maximum Gasteiger partial charge on any atom is 0.237 e. The Kier molecular flexibility index (Phi) is 5.43. The molecule has 1 aliphatic carbocycles. The van der Waals surface area contributed by atoms with Crippen LogP contribution >= 0.6 is 0 Å². The molecule has 2 heterocycles. The van der Waals surface area contributed by atoms with Gasteiger partial charge < -0.3 is 15.2 Å². The molecule has 0 bridgehead atoms. The van der Waals surface area contributed by atoms with Gasteiger partial charge in [0.15, 0.2) is 0 Å². The van der Waals surface area contributed by atoms with Gasteiger partial charge in [-0.1, -0.05) is 29.4 Å². The van der Waals surface area contributed by atoms with E-state index in [2.05, 4.69) is 39.7 Å². The molecule has 2 aliphatic rings. The average molecular weight is 382 g/mol. The monoisotopic (exact) mass is 382 g/mol. The molecule has 2 fully saturated rings. The molecule has 1 aromatic carbocycles. The molecule has 2 amide bonds. The Hall–Kier alpha value is -2.67. The Labute approximate surface area is 164 Å². The lowest BCUT2D eigenvalue weighted by Crippen LogP contribution is -2.56. The molecular formula is C21H26N4O3. The maximum atomic E-state index is 12.5. The van der Waals surface area contributed by atoms with Crippen LogP contribution in [-0.4, -0.2) is 41.0 Å². The molecule has 0 spiro atoms. The van der Waals surface area contributed by atoms with E-state index in [9.17, 15) is 9.59 Å². The lowest BCUT2D eigenvalue weighted by atomic mass is 10.0. The molecule has 148 valence electrons. The van der Waals surface area contributed by atoms with Gasteiger partial charge in [0.2, 0.25) is 11.8 Å². The van der Waals surface area contributed by atoms with Crippen molar-refractivity contribution in [2.24, 2.45) is 0 Å². The van der Waals surface area contributed by atoms with Crippen molar-refractivity contribution in [3.8, 4) is 0 Å². The zero-order valence-electron chi connectivity index (χ0n) is 16.1. The fraction of sp³-hybridized carbons (Fsp3) is 0.476. The lowest BCUT2D eigenvalue weighted by molar-refractivity contribution is -0.134. The van der Waals surface area contributed by atoms with E-state index >= 15 is 0 Å². The molecule has 28 heavy (non-hydrogen) atoms. The van der Waals surface area contributed by atoms with E-state index < -0.39 is 6.04 Å². The summed E-state index contributed by atoms with van der Waals surface area (Å²) in [5, 5.41) is 9.76. The van der Waals surface area contributed by atoms with Crippen molar-refractivity contribution < 1.29 is 14.1 Å². The summed E-state index contributed by atoms with van der Waals surface area (Å²) in [7, 11) is 0. The number of nitrogens with one attached hydrogen (secondary N) is 2. The fourth-order valence-corrected chi connectivity index (χ4v) is 3.59. The molecule has 7 heteroatoms. The van der Waals surface area contributed by atoms with Gasteiger partial charge in [0.05, 0.1) is 19.0 Å². The van der Waals surface area contributed by atoms with E-state index in [0.717, 1.165) is 30.8 Å². The minimum Gasteiger partial charge on any atom is -0.361 e. The van der Waals surface area contributed by atoms with Crippen molar-refractivity contribution in [3.05, 3.63) is 52.9 Å². The third kappa shape index (κ3) is 4.42. The van der Waals surface area contributed by atoms with Crippen molar-refractivity contribution in [3.63, 3.8) is 0 Å². The minimum atomic E-state index is -0.465. The van der Waals surface area contributed by atoms with Crippen LogP contribution < -0.4 is 10.6 Å². The van der Waals surface area contributed by atoms with Crippen molar-refractivity contribution in [2.75, 3.05) is 13.1 Å². The van der Waals surface area contributed by atoms with Crippen LogP contribution in [0, 0.1) is 6.92 Å². The number of aryl methyl sites for hydroxylation is 1. The van der Waals surface area contributed by atoms with Crippen LogP contribution in [0.2, 0.25) is 0 Å². The van der Waals surface area contributed by atoms with Crippen LogP contribution in [0.5, 0.6) is 0 Å². The Morgan fingerprint density at radius 1 is 1.36 bits per heavy atom. The van der Waals surface area contributed by atoms with Crippen molar-refractivity contribution in [1.29, 1.82) is 0 Å². The van der Waals surface area contributed by atoms with Crippen LogP contribution in [0.25, 0.3) is 0 Å². The Morgan fingerprint density at radius 2 is 2.18 bits per heavy atom. The topological polar surface area (TPSA) is 87.5 Å². The van der Waals surface area contributed by atoms with Gasteiger partial charge in [0, 0.05) is 31.6 Å². The number of carbonyl (C=O) groups is 2.